The number of anilines is 1. The lowest BCUT2D eigenvalue weighted by Gasteiger charge is -2.32. The van der Waals surface area contributed by atoms with Gasteiger partial charge in [0, 0.05) is 5.69 Å². The summed E-state index contributed by atoms with van der Waals surface area (Å²) in [4.78, 5) is 25.4. The molecule has 1 aliphatic carbocycles. The van der Waals surface area contributed by atoms with Crippen LogP contribution in [0.3, 0.4) is 0 Å². The molecule has 3 rings (SSSR count). The molecule has 0 radical (unpaired) electrons. The van der Waals surface area contributed by atoms with Crippen molar-refractivity contribution < 1.29 is 14.7 Å². The molecular formula is C16H19NO3. The van der Waals surface area contributed by atoms with E-state index in [1.54, 1.807) is 0 Å². The van der Waals surface area contributed by atoms with E-state index in [4.69, 9.17) is 5.11 Å². The minimum Gasteiger partial charge on any atom is -0.480 e. The smallest absolute Gasteiger partial charge is 0.323 e. The number of hydrogen-bond donors (Lipinski definition) is 1. The summed E-state index contributed by atoms with van der Waals surface area (Å²) in [6.07, 6.45) is 4.94. The largest absolute Gasteiger partial charge is 0.480 e. The predicted octanol–water partition coefficient (Wildman–Crippen LogP) is 2.63. The molecule has 1 saturated carbocycles. The zero-order valence-electron chi connectivity index (χ0n) is 11.7. The second-order valence-corrected chi connectivity index (χ2v) is 5.95. The van der Waals surface area contributed by atoms with Gasteiger partial charge in [-0.15, -0.1) is 0 Å². The molecule has 0 atom stereocenters. The standard InChI is InChI=1S/C16H19NO3/c1-11-5-6-12-13(9-11)17(10-14(18)19)15(20)16(12)7-3-2-4-8-16/h5-6,9H,2-4,7-8,10H2,1H3,(H,18,19). The second-order valence-electron chi connectivity index (χ2n) is 5.95. The number of nitrogens with zero attached hydrogens (tertiary/aromatic N) is 1. The van der Waals surface area contributed by atoms with E-state index in [0.717, 1.165) is 48.9 Å². The summed E-state index contributed by atoms with van der Waals surface area (Å²) in [7, 11) is 0. The predicted molar refractivity (Wildman–Crippen MR) is 75.9 cm³/mol. The highest BCUT2D eigenvalue weighted by molar-refractivity contribution is 6.10. The SMILES string of the molecule is Cc1ccc2c(c1)N(CC(=O)O)C(=O)C21CCCCC1. The Morgan fingerprint density at radius 3 is 2.65 bits per heavy atom. The van der Waals surface area contributed by atoms with Crippen LogP contribution in [-0.2, 0) is 15.0 Å². The van der Waals surface area contributed by atoms with Crippen LogP contribution in [-0.4, -0.2) is 23.5 Å². The quantitative estimate of drug-likeness (QED) is 0.901. The molecule has 106 valence electrons. The minimum atomic E-state index is -0.960. The lowest BCUT2D eigenvalue weighted by atomic mass is 9.70. The van der Waals surface area contributed by atoms with Crippen LogP contribution in [0.15, 0.2) is 18.2 Å². The molecule has 4 heteroatoms. The molecule has 1 aromatic carbocycles. The van der Waals surface area contributed by atoms with E-state index in [0.29, 0.717) is 0 Å². The number of fused-ring (bicyclic) bond motifs is 2. The number of carbonyl (C=O) groups excluding carboxylic acids is 1. The maximum Gasteiger partial charge on any atom is 0.323 e. The first-order valence-electron chi connectivity index (χ1n) is 7.19. The molecule has 20 heavy (non-hydrogen) atoms. The molecule has 0 bridgehead atoms. The van der Waals surface area contributed by atoms with E-state index >= 15 is 0 Å². The van der Waals surface area contributed by atoms with Crippen LogP contribution in [0.2, 0.25) is 0 Å². The van der Waals surface area contributed by atoms with Gasteiger partial charge in [-0.1, -0.05) is 31.4 Å². The van der Waals surface area contributed by atoms with E-state index in [-0.39, 0.29) is 12.5 Å². The topological polar surface area (TPSA) is 57.6 Å². The Morgan fingerprint density at radius 1 is 1.30 bits per heavy atom. The van der Waals surface area contributed by atoms with E-state index in [2.05, 4.69) is 0 Å². The van der Waals surface area contributed by atoms with Gasteiger partial charge in [0.05, 0.1) is 5.41 Å². The number of rotatable bonds is 2. The van der Waals surface area contributed by atoms with Crippen molar-refractivity contribution in [2.75, 3.05) is 11.4 Å². The Labute approximate surface area is 118 Å². The van der Waals surface area contributed by atoms with Gasteiger partial charge in [-0.3, -0.25) is 9.59 Å². The Bertz CT molecular complexity index is 573. The number of carboxylic acids is 1. The molecule has 0 unspecified atom stereocenters. The van der Waals surface area contributed by atoms with Crippen LogP contribution in [0, 0.1) is 6.92 Å². The molecule has 1 N–H and O–H groups in total. The van der Waals surface area contributed by atoms with Gasteiger partial charge in [0.15, 0.2) is 0 Å². The number of carbonyl (C=O) groups is 2. The Hall–Kier alpha value is -1.84. The summed E-state index contributed by atoms with van der Waals surface area (Å²) in [6.45, 7) is 1.73. The van der Waals surface area contributed by atoms with Crippen LogP contribution in [0.4, 0.5) is 5.69 Å². The van der Waals surface area contributed by atoms with Crippen molar-refractivity contribution >= 4 is 17.6 Å². The van der Waals surface area contributed by atoms with Crippen molar-refractivity contribution in [3.8, 4) is 0 Å². The van der Waals surface area contributed by atoms with Crippen molar-refractivity contribution in [2.45, 2.75) is 44.4 Å². The fourth-order valence-electron chi connectivity index (χ4n) is 3.68. The summed E-state index contributed by atoms with van der Waals surface area (Å²) >= 11 is 0. The Morgan fingerprint density at radius 2 is 2.00 bits per heavy atom. The molecule has 4 nitrogen and oxygen atoms in total. The number of carboxylic acid groups (broad SMARTS) is 1. The first-order chi connectivity index (χ1) is 9.54. The molecule has 1 aliphatic heterocycles. The van der Waals surface area contributed by atoms with Gasteiger partial charge in [-0.25, -0.2) is 0 Å². The van der Waals surface area contributed by atoms with Gasteiger partial charge in [-0.05, 0) is 37.0 Å². The number of aliphatic carboxylic acids is 1. The first kappa shape index (κ1) is 13.2. The van der Waals surface area contributed by atoms with Gasteiger partial charge < -0.3 is 10.0 Å². The Kier molecular flexibility index (Phi) is 3.04. The lowest BCUT2D eigenvalue weighted by molar-refractivity contribution is -0.137. The second kappa shape index (κ2) is 4.62. The maximum absolute atomic E-state index is 12.8. The molecule has 0 aromatic heterocycles. The molecule has 1 spiro atoms. The van der Waals surface area contributed by atoms with Gasteiger partial charge in [-0.2, -0.15) is 0 Å². The highest BCUT2D eigenvalue weighted by Crippen LogP contribution is 2.50. The van der Waals surface area contributed by atoms with E-state index in [9.17, 15) is 9.59 Å². The van der Waals surface area contributed by atoms with Crippen molar-refractivity contribution in [3.63, 3.8) is 0 Å². The fraction of sp³-hybridized carbons (Fsp3) is 0.500. The molecule has 1 amide bonds. The number of benzene rings is 1. The summed E-state index contributed by atoms with van der Waals surface area (Å²) in [5.74, 6) is -0.973. The van der Waals surface area contributed by atoms with E-state index in [1.807, 2.05) is 25.1 Å². The molecular weight excluding hydrogens is 254 g/mol. The third kappa shape index (κ3) is 1.82. The van der Waals surface area contributed by atoms with Gasteiger partial charge in [0.2, 0.25) is 5.91 Å². The van der Waals surface area contributed by atoms with Crippen molar-refractivity contribution in [2.24, 2.45) is 0 Å². The fourth-order valence-corrected chi connectivity index (χ4v) is 3.68. The van der Waals surface area contributed by atoms with Gasteiger partial charge in [0.25, 0.3) is 0 Å². The molecule has 1 fully saturated rings. The zero-order chi connectivity index (χ0) is 14.3. The number of amides is 1. The van der Waals surface area contributed by atoms with Crippen LogP contribution in [0.25, 0.3) is 0 Å². The lowest BCUT2D eigenvalue weighted by Crippen LogP contribution is -2.43. The summed E-state index contributed by atoms with van der Waals surface area (Å²) in [6, 6.07) is 5.99. The summed E-state index contributed by atoms with van der Waals surface area (Å²) in [5, 5.41) is 9.08. The average Bonchev–Trinajstić information content (AvgIpc) is 2.62. The van der Waals surface area contributed by atoms with Crippen LogP contribution in [0.5, 0.6) is 0 Å². The minimum absolute atomic E-state index is 0.0137. The van der Waals surface area contributed by atoms with E-state index < -0.39 is 11.4 Å². The third-order valence-corrected chi connectivity index (χ3v) is 4.61. The summed E-state index contributed by atoms with van der Waals surface area (Å²) in [5.41, 5.74) is 2.43. The normalized spacial score (nSPS) is 20.2. The van der Waals surface area contributed by atoms with Crippen LogP contribution >= 0.6 is 0 Å². The highest BCUT2D eigenvalue weighted by atomic mass is 16.4. The Balaban J connectivity index is 2.11. The maximum atomic E-state index is 12.8. The molecule has 0 saturated heterocycles. The van der Waals surface area contributed by atoms with Crippen LogP contribution < -0.4 is 4.90 Å². The zero-order valence-corrected chi connectivity index (χ0v) is 11.7. The third-order valence-electron chi connectivity index (χ3n) is 4.61. The van der Waals surface area contributed by atoms with Gasteiger partial charge in [0.1, 0.15) is 6.54 Å². The first-order valence-corrected chi connectivity index (χ1v) is 7.19. The summed E-state index contributed by atoms with van der Waals surface area (Å²) < 4.78 is 0. The number of hydrogen-bond acceptors (Lipinski definition) is 2. The van der Waals surface area contributed by atoms with E-state index in [1.165, 1.54) is 4.90 Å². The van der Waals surface area contributed by atoms with Crippen molar-refractivity contribution in [1.82, 2.24) is 0 Å². The molecule has 1 heterocycles. The number of aryl methyl sites for hydroxylation is 1. The molecule has 1 aromatic rings. The highest BCUT2D eigenvalue weighted by Gasteiger charge is 2.51. The van der Waals surface area contributed by atoms with Crippen molar-refractivity contribution in [3.05, 3.63) is 29.3 Å². The van der Waals surface area contributed by atoms with Crippen molar-refractivity contribution in [1.29, 1.82) is 0 Å². The average molecular weight is 273 g/mol. The van der Waals surface area contributed by atoms with Crippen LogP contribution in [0.1, 0.15) is 43.2 Å². The molecule has 2 aliphatic rings. The monoisotopic (exact) mass is 273 g/mol. The van der Waals surface area contributed by atoms with Gasteiger partial charge >= 0.3 is 5.97 Å².